The van der Waals surface area contributed by atoms with Crippen molar-refractivity contribution in [3.8, 4) is 0 Å². The number of carbonyl (C=O) groups is 1. The molecule has 1 aliphatic heterocycles. The van der Waals surface area contributed by atoms with Crippen LogP contribution in [-0.4, -0.2) is 43.7 Å². The van der Waals surface area contributed by atoms with Crippen molar-refractivity contribution in [3.63, 3.8) is 0 Å². The maximum Gasteiger partial charge on any atom is 0.239 e. The van der Waals surface area contributed by atoms with Gasteiger partial charge >= 0.3 is 0 Å². The Balaban J connectivity index is 2.45. The Labute approximate surface area is 91.8 Å². The van der Waals surface area contributed by atoms with E-state index in [9.17, 15) is 4.79 Å². The molecule has 1 aliphatic rings. The summed E-state index contributed by atoms with van der Waals surface area (Å²) < 4.78 is 5.20. The molecule has 0 aromatic carbocycles. The van der Waals surface area contributed by atoms with E-state index in [-0.39, 0.29) is 17.4 Å². The van der Waals surface area contributed by atoms with Gasteiger partial charge in [0.25, 0.3) is 0 Å². The van der Waals surface area contributed by atoms with Gasteiger partial charge in [-0.25, -0.2) is 0 Å². The highest BCUT2D eigenvalue weighted by molar-refractivity contribution is 5.81. The van der Waals surface area contributed by atoms with Crippen molar-refractivity contribution in [1.82, 2.24) is 4.90 Å². The second-order valence-corrected chi connectivity index (χ2v) is 4.86. The normalized spacial score (nSPS) is 22.5. The Morgan fingerprint density at radius 1 is 1.53 bits per heavy atom. The van der Waals surface area contributed by atoms with Crippen molar-refractivity contribution in [2.24, 2.45) is 11.1 Å². The Hall–Kier alpha value is -0.610. The van der Waals surface area contributed by atoms with Gasteiger partial charge in [0.05, 0.1) is 12.6 Å². The average Bonchev–Trinajstić information content (AvgIpc) is 2.18. The Morgan fingerprint density at radius 3 is 2.47 bits per heavy atom. The fourth-order valence-corrected chi connectivity index (χ4v) is 2.05. The third kappa shape index (κ3) is 3.18. The van der Waals surface area contributed by atoms with Crippen molar-refractivity contribution in [1.29, 1.82) is 0 Å². The summed E-state index contributed by atoms with van der Waals surface area (Å²) in [5, 5.41) is 0. The van der Waals surface area contributed by atoms with E-state index in [1.807, 2.05) is 4.90 Å². The molecule has 2 N–H and O–H groups in total. The summed E-state index contributed by atoms with van der Waals surface area (Å²) in [6, 6.07) is -0.378. The Bertz CT molecular complexity index is 221. The molecular formula is C11H22N2O2. The first kappa shape index (κ1) is 12.5. The lowest BCUT2D eigenvalue weighted by molar-refractivity contribution is -0.134. The van der Waals surface area contributed by atoms with Gasteiger partial charge in [0.2, 0.25) is 5.91 Å². The van der Waals surface area contributed by atoms with Crippen LogP contribution in [0.15, 0.2) is 0 Å². The van der Waals surface area contributed by atoms with Crippen LogP contribution in [0.2, 0.25) is 0 Å². The van der Waals surface area contributed by atoms with Crippen molar-refractivity contribution < 1.29 is 9.53 Å². The molecule has 0 radical (unpaired) electrons. The lowest BCUT2D eigenvalue weighted by Crippen LogP contribution is -2.48. The van der Waals surface area contributed by atoms with Crippen molar-refractivity contribution >= 4 is 5.91 Å². The van der Waals surface area contributed by atoms with E-state index in [1.165, 1.54) is 0 Å². The number of likely N-dealkylation sites (tertiary alicyclic amines) is 1. The lowest BCUT2D eigenvalue weighted by Gasteiger charge is -2.39. The van der Waals surface area contributed by atoms with Crippen molar-refractivity contribution in [2.75, 3.05) is 26.8 Å². The molecule has 0 saturated carbocycles. The molecule has 4 heteroatoms. The number of rotatable bonds is 3. The van der Waals surface area contributed by atoms with Crippen LogP contribution in [-0.2, 0) is 9.53 Å². The molecule has 88 valence electrons. The lowest BCUT2D eigenvalue weighted by atomic mass is 9.81. The minimum atomic E-state index is -0.378. The SMILES string of the molecule is COCC1(C)CCN(C(=O)C(C)N)CC1. The van der Waals surface area contributed by atoms with Crippen LogP contribution in [0.5, 0.6) is 0 Å². The summed E-state index contributed by atoms with van der Waals surface area (Å²) in [4.78, 5) is 13.5. The number of methoxy groups -OCH3 is 1. The van der Waals surface area contributed by atoms with Gasteiger partial charge in [-0.15, -0.1) is 0 Å². The average molecular weight is 214 g/mol. The van der Waals surface area contributed by atoms with Gasteiger partial charge in [-0.3, -0.25) is 4.79 Å². The third-order valence-electron chi connectivity index (χ3n) is 3.16. The van der Waals surface area contributed by atoms with E-state index in [2.05, 4.69) is 6.92 Å². The van der Waals surface area contributed by atoms with E-state index in [1.54, 1.807) is 14.0 Å². The molecule has 0 aromatic heterocycles. The summed E-state index contributed by atoms with van der Waals surface area (Å²) in [6.07, 6.45) is 2.00. The molecule has 1 atom stereocenters. The summed E-state index contributed by atoms with van der Waals surface area (Å²) >= 11 is 0. The van der Waals surface area contributed by atoms with Gasteiger partial charge in [0.15, 0.2) is 0 Å². The number of amides is 1. The van der Waals surface area contributed by atoms with Crippen LogP contribution < -0.4 is 5.73 Å². The maximum absolute atomic E-state index is 11.6. The highest BCUT2D eigenvalue weighted by atomic mass is 16.5. The van der Waals surface area contributed by atoms with E-state index < -0.39 is 0 Å². The fourth-order valence-electron chi connectivity index (χ4n) is 2.05. The zero-order chi connectivity index (χ0) is 11.5. The molecule has 0 aliphatic carbocycles. The first-order chi connectivity index (χ1) is 6.98. The topological polar surface area (TPSA) is 55.6 Å². The molecule has 0 bridgehead atoms. The monoisotopic (exact) mass is 214 g/mol. The zero-order valence-corrected chi connectivity index (χ0v) is 9.95. The second kappa shape index (κ2) is 4.94. The zero-order valence-electron chi connectivity index (χ0n) is 9.95. The maximum atomic E-state index is 11.6. The van der Waals surface area contributed by atoms with Gasteiger partial charge in [-0.1, -0.05) is 6.92 Å². The van der Waals surface area contributed by atoms with Crippen molar-refractivity contribution in [2.45, 2.75) is 32.7 Å². The molecule has 0 spiro atoms. The second-order valence-electron chi connectivity index (χ2n) is 4.86. The Morgan fingerprint density at radius 2 is 2.07 bits per heavy atom. The standard InChI is InChI=1S/C11H22N2O2/c1-9(12)10(14)13-6-4-11(2,5-7-13)8-15-3/h9H,4-8,12H2,1-3H3. The van der Waals surface area contributed by atoms with E-state index in [0.717, 1.165) is 32.5 Å². The molecule has 15 heavy (non-hydrogen) atoms. The number of hydrogen-bond acceptors (Lipinski definition) is 3. The summed E-state index contributed by atoms with van der Waals surface area (Å²) in [5.41, 5.74) is 5.80. The minimum Gasteiger partial charge on any atom is -0.384 e. The molecule has 1 fully saturated rings. The molecule has 0 aromatic rings. The van der Waals surface area contributed by atoms with Gasteiger partial charge < -0.3 is 15.4 Å². The quantitative estimate of drug-likeness (QED) is 0.749. The molecule has 4 nitrogen and oxygen atoms in total. The van der Waals surface area contributed by atoms with E-state index in [4.69, 9.17) is 10.5 Å². The fraction of sp³-hybridized carbons (Fsp3) is 0.909. The van der Waals surface area contributed by atoms with Crippen LogP contribution in [0.3, 0.4) is 0 Å². The number of carbonyl (C=O) groups excluding carboxylic acids is 1. The van der Waals surface area contributed by atoms with Crippen LogP contribution in [0.4, 0.5) is 0 Å². The highest BCUT2D eigenvalue weighted by Gasteiger charge is 2.32. The van der Waals surface area contributed by atoms with E-state index >= 15 is 0 Å². The van der Waals surface area contributed by atoms with Crippen LogP contribution in [0.1, 0.15) is 26.7 Å². The van der Waals surface area contributed by atoms with Gasteiger partial charge in [0, 0.05) is 20.2 Å². The first-order valence-corrected chi connectivity index (χ1v) is 5.52. The predicted octanol–water partition coefficient (Wildman–Crippen LogP) is 0.609. The predicted molar refractivity (Wildman–Crippen MR) is 59.4 cm³/mol. The van der Waals surface area contributed by atoms with E-state index in [0.29, 0.717) is 0 Å². The molecular weight excluding hydrogens is 192 g/mol. The summed E-state index contributed by atoms with van der Waals surface area (Å²) in [7, 11) is 1.73. The van der Waals surface area contributed by atoms with Gasteiger partial charge in [-0.05, 0) is 25.2 Å². The van der Waals surface area contributed by atoms with Gasteiger partial charge in [-0.2, -0.15) is 0 Å². The molecule has 1 rings (SSSR count). The van der Waals surface area contributed by atoms with Crippen LogP contribution in [0, 0.1) is 5.41 Å². The number of nitrogens with two attached hydrogens (primary N) is 1. The number of nitrogens with zero attached hydrogens (tertiary/aromatic N) is 1. The third-order valence-corrected chi connectivity index (χ3v) is 3.16. The van der Waals surface area contributed by atoms with Crippen molar-refractivity contribution in [3.05, 3.63) is 0 Å². The molecule has 1 heterocycles. The smallest absolute Gasteiger partial charge is 0.239 e. The number of ether oxygens (including phenoxy) is 1. The molecule has 1 saturated heterocycles. The molecule has 1 amide bonds. The first-order valence-electron chi connectivity index (χ1n) is 5.52. The summed E-state index contributed by atoms with van der Waals surface area (Å²) in [6.45, 7) is 6.34. The molecule has 1 unspecified atom stereocenters. The number of hydrogen-bond donors (Lipinski definition) is 1. The van der Waals surface area contributed by atoms with Gasteiger partial charge in [0.1, 0.15) is 0 Å². The number of piperidine rings is 1. The highest BCUT2D eigenvalue weighted by Crippen LogP contribution is 2.30. The largest absolute Gasteiger partial charge is 0.384 e. The Kier molecular flexibility index (Phi) is 4.11. The summed E-state index contributed by atoms with van der Waals surface area (Å²) in [5.74, 6) is 0.0643. The van der Waals surface area contributed by atoms with Crippen LogP contribution >= 0.6 is 0 Å². The van der Waals surface area contributed by atoms with Crippen LogP contribution in [0.25, 0.3) is 0 Å². The minimum absolute atomic E-state index is 0.0643.